The number of amidine groups is 1. The quantitative estimate of drug-likeness (QED) is 0.421. The van der Waals surface area contributed by atoms with Crippen LogP contribution in [0.3, 0.4) is 0 Å². The van der Waals surface area contributed by atoms with Gasteiger partial charge in [0.2, 0.25) is 0 Å². The van der Waals surface area contributed by atoms with E-state index in [-0.39, 0.29) is 5.84 Å². The second kappa shape index (κ2) is 6.82. The highest BCUT2D eigenvalue weighted by molar-refractivity contribution is 5.92. The molecule has 0 aliphatic rings. The molecule has 0 aliphatic carbocycles. The summed E-state index contributed by atoms with van der Waals surface area (Å²) < 4.78 is 5.51. The standard InChI is InChI=1S/C12H19N3O/c1-2-3-4-5-8-16-10-6-7-11(12(13)14)15-9-10/h6-7,9H,2-5,8H2,1H3,(H3,13,14). The van der Waals surface area contributed by atoms with Gasteiger partial charge >= 0.3 is 0 Å². The number of nitrogen functional groups attached to an aromatic ring is 1. The van der Waals surface area contributed by atoms with Crippen molar-refractivity contribution >= 4 is 5.84 Å². The third-order valence-electron chi connectivity index (χ3n) is 2.28. The van der Waals surface area contributed by atoms with Crippen molar-refractivity contribution < 1.29 is 4.74 Å². The summed E-state index contributed by atoms with van der Waals surface area (Å²) in [4.78, 5) is 4.02. The lowest BCUT2D eigenvalue weighted by Crippen LogP contribution is -2.12. The lowest BCUT2D eigenvalue weighted by molar-refractivity contribution is 0.304. The van der Waals surface area contributed by atoms with Crippen LogP contribution in [-0.2, 0) is 0 Å². The van der Waals surface area contributed by atoms with Crippen molar-refractivity contribution in [2.45, 2.75) is 32.6 Å². The van der Waals surface area contributed by atoms with Crippen molar-refractivity contribution in [3.8, 4) is 5.75 Å². The number of nitrogens with two attached hydrogens (primary N) is 1. The Bertz CT molecular complexity index is 322. The summed E-state index contributed by atoms with van der Waals surface area (Å²) in [7, 11) is 0. The maximum absolute atomic E-state index is 7.19. The Labute approximate surface area is 96.3 Å². The van der Waals surface area contributed by atoms with E-state index in [0.717, 1.165) is 18.8 Å². The largest absolute Gasteiger partial charge is 0.492 e. The van der Waals surface area contributed by atoms with Gasteiger partial charge in [0.25, 0.3) is 0 Å². The van der Waals surface area contributed by atoms with Crippen LogP contribution in [0.15, 0.2) is 18.3 Å². The second-order valence-electron chi connectivity index (χ2n) is 3.70. The molecule has 0 amide bonds. The van der Waals surface area contributed by atoms with Crippen LogP contribution in [0, 0.1) is 5.41 Å². The zero-order chi connectivity index (χ0) is 11.8. The molecule has 0 radical (unpaired) electrons. The lowest BCUT2D eigenvalue weighted by atomic mass is 10.2. The number of rotatable bonds is 7. The van der Waals surface area contributed by atoms with Crippen LogP contribution in [-0.4, -0.2) is 17.4 Å². The Hall–Kier alpha value is -1.58. The summed E-state index contributed by atoms with van der Waals surface area (Å²) in [5.74, 6) is 0.719. The summed E-state index contributed by atoms with van der Waals surface area (Å²) in [5, 5.41) is 7.19. The van der Waals surface area contributed by atoms with Gasteiger partial charge in [-0.2, -0.15) is 0 Å². The van der Waals surface area contributed by atoms with Crippen LogP contribution in [0.4, 0.5) is 0 Å². The summed E-state index contributed by atoms with van der Waals surface area (Å²) in [6.45, 7) is 2.91. The minimum Gasteiger partial charge on any atom is -0.492 e. The SMILES string of the molecule is CCCCCCOc1ccc(C(=N)N)nc1. The molecule has 3 N–H and O–H groups in total. The lowest BCUT2D eigenvalue weighted by Gasteiger charge is -2.05. The van der Waals surface area contributed by atoms with Gasteiger partial charge in [0.15, 0.2) is 0 Å². The number of hydrogen-bond donors (Lipinski definition) is 2. The van der Waals surface area contributed by atoms with E-state index in [0.29, 0.717) is 5.69 Å². The molecule has 88 valence electrons. The zero-order valence-electron chi connectivity index (χ0n) is 9.70. The average molecular weight is 221 g/mol. The highest BCUT2D eigenvalue weighted by atomic mass is 16.5. The number of nitrogens with zero attached hydrogens (tertiary/aromatic N) is 1. The van der Waals surface area contributed by atoms with Gasteiger partial charge in [-0.05, 0) is 18.6 Å². The van der Waals surface area contributed by atoms with Crippen molar-refractivity contribution in [3.63, 3.8) is 0 Å². The van der Waals surface area contributed by atoms with Crippen molar-refractivity contribution in [3.05, 3.63) is 24.0 Å². The Morgan fingerprint density at radius 1 is 1.38 bits per heavy atom. The smallest absolute Gasteiger partial charge is 0.141 e. The van der Waals surface area contributed by atoms with Crippen LogP contribution in [0.2, 0.25) is 0 Å². The fourth-order valence-corrected chi connectivity index (χ4v) is 1.34. The van der Waals surface area contributed by atoms with Gasteiger partial charge in [0, 0.05) is 0 Å². The summed E-state index contributed by atoms with van der Waals surface area (Å²) in [5.41, 5.74) is 5.78. The molecule has 1 aromatic rings. The molecule has 4 nitrogen and oxygen atoms in total. The fourth-order valence-electron chi connectivity index (χ4n) is 1.34. The molecule has 1 heterocycles. The third kappa shape index (κ3) is 4.29. The van der Waals surface area contributed by atoms with Gasteiger partial charge < -0.3 is 10.5 Å². The van der Waals surface area contributed by atoms with Crippen LogP contribution >= 0.6 is 0 Å². The van der Waals surface area contributed by atoms with E-state index in [1.165, 1.54) is 19.3 Å². The molecule has 0 atom stereocenters. The van der Waals surface area contributed by atoms with Crippen LogP contribution < -0.4 is 10.5 Å². The monoisotopic (exact) mass is 221 g/mol. The molecule has 0 aromatic carbocycles. The molecule has 0 aliphatic heterocycles. The van der Waals surface area contributed by atoms with Crippen molar-refractivity contribution in [2.75, 3.05) is 6.61 Å². The first-order chi connectivity index (χ1) is 7.74. The molecule has 0 saturated carbocycles. The maximum atomic E-state index is 7.19. The zero-order valence-corrected chi connectivity index (χ0v) is 9.70. The van der Waals surface area contributed by atoms with E-state index in [2.05, 4.69) is 11.9 Å². The van der Waals surface area contributed by atoms with Gasteiger partial charge in [0.1, 0.15) is 17.3 Å². The minimum absolute atomic E-state index is 0.0190. The third-order valence-corrected chi connectivity index (χ3v) is 2.28. The first-order valence-corrected chi connectivity index (χ1v) is 5.67. The molecular weight excluding hydrogens is 202 g/mol. The van der Waals surface area contributed by atoms with Crippen LogP contribution in [0.5, 0.6) is 5.75 Å². The van der Waals surface area contributed by atoms with E-state index in [1.807, 2.05) is 0 Å². The number of nitrogens with one attached hydrogen (secondary N) is 1. The summed E-state index contributed by atoms with van der Waals surface area (Å²) in [6, 6.07) is 3.49. The molecule has 1 aromatic heterocycles. The molecule has 0 fully saturated rings. The highest BCUT2D eigenvalue weighted by Gasteiger charge is 1.98. The van der Waals surface area contributed by atoms with E-state index < -0.39 is 0 Å². The molecule has 0 bridgehead atoms. The van der Waals surface area contributed by atoms with Gasteiger partial charge in [-0.15, -0.1) is 0 Å². The molecule has 1 rings (SSSR count). The van der Waals surface area contributed by atoms with Gasteiger partial charge in [-0.3, -0.25) is 5.41 Å². The highest BCUT2D eigenvalue weighted by Crippen LogP contribution is 2.10. The molecule has 16 heavy (non-hydrogen) atoms. The van der Waals surface area contributed by atoms with E-state index in [9.17, 15) is 0 Å². The first kappa shape index (κ1) is 12.5. The number of ether oxygens (including phenoxy) is 1. The Morgan fingerprint density at radius 2 is 2.19 bits per heavy atom. The van der Waals surface area contributed by atoms with Crippen molar-refractivity contribution in [1.82, 2.24) is 4.98 Å². The predicted octanol–water partition coefficient (Wildman–Crippen LogP) is 2.32. The maximum Gasteiger partial charge on any atom is 0.141 e. The number of aromatic nitrogens is 1. The topological polar surface area (TPSA) is 72.0 Å². The number of unbranched alkanes of at least 4 members (excludes halogenated alkanes) is 3. The normalized spacial score (nSPS) is 10.1. The minimum atomic E-state index is -0.0190. The first-order valence-electron chi connectivity index (χ1n) is 5.67. The van der Waals surface area contributed by atoms with Gasteiger partial charge in [0.05, 0.1) is 12.8 Å². The van der Waals surface area contributed by atoms with Crippen LogP contribution in [0.1, 0.15) is 38.3 Å². The molecule has 0 spiro atoms. The van der Waals surface area contributed by atoms with E-state index >= 15 is 0 Å². The Kier molecular flexibility index (Phi) is 5.32. The Morgan fingerprint density at radius 3 is 2.75 bits per heavy atom. The average Bonchev–Trinajstić information content (AvgIpc) is 2.29. The van der Waals surface area contributed by atoms with Crippen molar-refractivity contribution in [2.24, 2.45) is 5.73 Å². The second-order valence-corrected chi connectivity index (χ2v) is 3.70. The predicted molar refractivity (Wildman–Crippen MR) is 64.9 cm³/mol. The molecular formula is C12H19N3O. The number of pyridine rings is 1. The molecule has 0 unspecified atom stereocenters. The van der Waals surface area contributed by atoms with Gasteiger partial charge in [-0.25, -0.2) is 4.98 Å². The fraction of sp³-hybridized carbons (Fsp3) is 0.500. The van der Waals surface area contributed by atoms with Crippen molar-refractivity contribution in [1.29, 1.82) is 5.41 Å². The summed E-state index contributed by atoms with van der Waals surface area (Å²) >= 11 is 0. The molecule has 4 heteroatoms. The molecule has 0 saturated heterocycles. The Balaban J connectivity index is 2.29. The van der Waals surface area contributed by atoms with E-state index in [4.69, 9.17) is 15.9 Å². The van der Waals surface area contributed by atoms with Gasteiger partial charge in [-0.1, -0.05) is 26.2 Å². The summed E-state index contributed by atoms with van der Waals surface area (Å²) in [6.07, 6.45) is 6.37. The number of hydrogen-bond acceptors (Lipinski definition) is 3. The van der Waals surface area contributed by atoms with Crippen LogP contribution in [0.25, 0.3) is 0 Å². The van der Waals surface area contributed by atoms with E-state index in [1.54, 1.807) is 18.3 Å².